The Morgan fingerprint density at radius 2 is 1.81 bits per heavy atom. The summed E-state index contributed by atoms with van der Waals surface area (Å²) in [6.45, 7) is 8.28. The Hall–Kier alpha value is -0.120. The van der Waals surface area contributed by atoms with Crippen molar-refractivity contribution in [2.24, 2.45) is 23.5 Å². The quantitative estimate of drug-likeness (QED) is 0.648. The van der Waals surface area contributed by atoms with E-state index < -0.39 is 0 Å². The van der Waals surface area contributed by atoms with Gasteiger partial charge in [-0.05, 0) is 37.1 Å². The van der Waals surface area contributed by atoms with Gasteiger partial charge in [-0.1, -0.05) is 20.3 Å². The zero-order valence-corrected chi connectivity index (χ0v) is 10.8. The van der Waals surface area contributed by atoms with E-state index in [0.29, 0.717) is 17.8 Å². The fourth-order valence-corrected chi connectivity index (χ4v) is 2.31. The van der Waals surface area contributed by atoms with Crippen LogP contribution in [0.25, 0.3) is 0 Å². The molecule has 1 fully saturated rings. The summed E-state index contributed by atoms with van der Waals surface area (Å²) in [5.41, 5.74) is 5.73. The van der Waals surface area contributed by atoms with Gasteiger partial charge in [0.25, 0.3) is 0 Å². The van der Waals surface area contributed by atoms with Crippen LogP contribution < -0.4 is 5.73 Å². The molecule has 0 aromatic heterocycles. The van der Waals surface area contributed by atoms with E-state index in [4.69, 9.17) is 15.2 Å². The van der Waals surface area contributed by atoms with Crippen molar-refractivity contribution in [3.8, 4) is 0 Å². The molecule has 0 aromatic carbocycles. The van der Waals surface area contributed by atoms with Crippen LogP contribution in [0.3, 0.4) is 0 Å². The molecule has 3 heteroatoms. The number of ether oxygens (including phenoxy) is 2. The third kappa shape index (κ3) is 5.28. The van der Waals surface area contributed by atoms with E-state index in [1.54, 1.807) is 0 Å². The Bertz CT molecular complexity index is 173. The molecule has 2 N–H and O–H groups in total. The lowest BCUT2D eigenvalue weighted by Crippen LogP contribution is -2.23. The van der Waals surface area contributed by atoms with Gasteiger partial charge >= 0.3 is 0 Å². The second kappa shape index (κ2) is 8.04. The Morgan fingerprint density at radius 3 is 2.50 bits per heavy atom. The van der Waals surface area contributed by atoms with Crippen molar-refractivity contribution in [2.45, 2.75) is 33.1 Å². The molecule has 0 radical (unpaired) electrons. The van der Waals surface area contributed by atoms with Crippen LogP contribution in [-0.2, 0) is 9.47 Å². The standard InChI is InChI=1S/C13H27NO2/c1-11(2)9-15-6-7-16-10-13-5-3-4-12(13)8-14/h11-13H,3-10,14H2,1-2H3. The molecule has 0 amide bonds. The van der Waals surface area contributed by atoms with Gasteiger partial charge in [0.15, 0.2) is 0 Å². The van der Waals surface area contributed by atoms with E-state index in [9.17, 15) is 0 Å². The van der Waals surface area contributed by atoms with Crippen LogP contribution in [0.5, 0.6) is 0 Å². The molecule has 1 rings (SSSR count). The van der Waals surface area contributed by atoms with E-state index in [-0.39, 0.29) is 0 Å². The lowest BCUT2D eigenvalue weighted by Gasteiger charge is -2.17. The molecular weight excluding hydrogens is 202 g/mol. The van der Waals surface area contributed by atoms with Crippen molar-refractivity contribution in [3.05, 3.63) is 0 Å². The number of hydrogen-bond acceptors (Lipinski definition) is 3. The van der Waals surface area contributed by atoms with Crippen molar-refractivity contribution in [1.29, 1.82) is 0 Å². The summed E-state index contributed by atoms with van der Waals surface area (Å²) in [4.78, 5) is 0. The maximum Gasteiger partial charge on any atom is 0.0700 e. The molecule has 1 saturated carbocycles. The summed E-state index contributed by atoms with van der Waals surface area (Å²) in [6.07, 6.45) is 3.89. The van der Waals surface area contributed by atoms with Crippen molar-refractivity contribution < 1.29 is 9.47 Å². The molecule has 1 aliphatic carbocycles. The van der Waals surface area contributed by atoms with Crippen LogP contribution in [-0.4, -0.2) is 33.0 Å². The normalized spacial score (nSPS) is 25.5. The van der Waals surface area contributed by atoms with Crippen LogP contribution >= 0.6 is 0 Å². The smallest absolute Gasteiger partial charge is 0.0700 e. The van der Waals surface area contributed by atoms with Crippen LogP contribution in [0.2, 0.25) is 0 Å². The first-order chi connectivity index (χ1) is 7.74. The van der Waals surface area contributed by atoms with Crippen molar-refractivity contribution in [2.75, 3.05) is 33.0 Å². The van der Waals surface area contributed by atoms with E-state index in [1.807, 2.05) is 0 Å². The average molecular weight is 229 g/mol. The summed E-state index contributed by atoms with van der Waals surface area (Å²) < 4.78 is 11.1. The third-order valence-electron chi connectivity index (χ3n) is 3.27. The lowest BCUT2D eigenvalue weighted by atomic mass is 9.97. The van der Waals surface area contributed by atoms with Crippen molar-refractivity contribution in [3.63, 3.8) is 0 Å². The largest absolute Gasteiger partial charge is 0.379 e. The number of hydrogen-bond donors (Lipinski definition) is 1. The van der Waals surface area contributed by atoms with E-state index >= 15 is 0 Å². The fraction of sp³-hybridized carbons (Fsp3) is 1.00. The van der Waals surface area contributed by atoms with E-state index in [2.05, 4.69) is 13.8 Å². The monoisotopic (exact) mass is 229 g/mol. The van der Waals surface area contributed by atoms with Gasteiger partial charge in [-0.3, -0.25) is 0 Å². The highest BCUT2D eigenvalue weighted by atomic mass is 16.5. The maximum atomic E-state index is 5.73. The van der Waals surface area contributed by atoms with Gasteiger partial charge in [0, 0.05) is 13.2 Å². The van der Waals surface area contributed by atoms with Gasteiger partial charge < -0.3 is 15.2 Å². The molecule has 96 valence electrons. The number of rotatable bonds is 8. The zero-order valence-electron chi connectivity index (χ0n) is 10.8. The van der Waals surface area contributed by atoms with Gasteiger partial charge in [0.1, 0.15) is 0 Å². The second-order valence-electron chi connectivity index (χ2n) is 5.23. The van der Waals surface area contributed by atoms with E-state index in [0.717, 1.165) is 33.0 Å². The minimum atomic E-state index is 0.608. The summed E-state index contributed by atoms with van der Waals surface area (Å²) in [6, 6.07) is 0. The Morgan fingerprint density at radius 1 is 1.12 bits per heavy atom. The first-order valence-corrected chi connectivity index (χ1v) is 6.59. The highest BCUT2D eigenvalue weighted by molar-refractivity contribution is 4.77. The van der Waals surface area contributed by atoms with Crippen molar-refractivity contribution >= 4 is 0 Å². The zero-order chi connectivity index (χ0) is 11.8. The Kier molecular flexibility index (Phi) is 7.01. The van der Waals surface area contributed by atoms with Crippen LogP contribution in [0.1, 0.15) is 33.1 Å². The Balaban J connectivity index is 1.94. The molecule has 2 unspecified atom stereocenters. The first-order valence-electron chi connectivity index (χ1n) is 6.59. The topological polar surface area (TPSA) is 44.5 Å². The minimum Gasteiger partial charge on any atom is -0.379 e. The van der Waals surface area contributed by atoms with Gasteiger partial charge in [-0.2, -0.15) is 0 Å². The summed E-state index contributed by atoms with van der Waals surface area (Å²) in [7, 11) is 0. The molecule has 3 nitrogen and oxygen atoms in total. The van der Waals surface area contributed by atoms with Crippen molar-refractivity contribution in [1.82, 2.24) is 0 Å². The molecule has 0 aromatic rings. The highest BCUT2D eigenvalue weighted by Crippen LogP contribution is 2.30. The SMILES string of the molecule is CC(C)COCCOCC1CCCC1CN. The molecule has 16 heavy (non-hydrogen) atoms. The molecular formula is C13H27NO2. The van der Waals surface area contributed by atoms with Crippen LogP contribution in [0.4, 0.5) is 0 Å². The highest BCUT2D eigenvalue weighted by Gasteiger charge is 2.25. The minimum absolute atomic E-state index is 0.608. The predicted octanol–water partition coefficient (Wildman–Crippen LogP) is 2.05. The lowest BCUT2D eigenvalue weighted by molar-refractivity contribution is 0.0209. The molecule has 0 aliphatic heterocycles. The Labute approximate surface area is 99.7 Å². The molecule has 0 saturated heterocycles. The van der Waals surface area contributed by atoms with Crippen LogP contribution in [0.15, 0.2) is 0 Å². The molecule has 1 aliphatic rings. The summed E-state index contributed by atoms with van der Waals surface area (Å²) in [5, 5.41) is 0. The first kappa shape index (κ1) is 13.9. The molecule has 0 spiro atoms. The van der Waals surface area contributed by atoms with Gasteiger partial charge in [-0.25, -0.2) is 0 Å². The molecule has 0 heterocycles. The van der Waals surface area contributed by atoms with Gasteiger partial charge in [0.2, 0.25) is 0 Å². The summed E-state index contributed by atoms with van der Waals surface area (Å²) in [5.74, 6) is 1.99. The second-order valence-corrected chi connectivity index (χ2v) is 5.23. The predicted molar refractivity (Wildman–Crippen MR) is 66.4 cm³/mol. The van der Waals surface area contributed by atoms with Crippen LogP contribution in [0, 0.1) is 17.8 Å². The molecule has 2 atom stereocenters. The van der Waals surface area contributed by atoms with E-state index in [1.165, 1.54) is 19.3 Å². The number of nitrogens with two attached hydrogens (primary N) is 1. The van der Waals surface area contributed by atoms with Gasteiger partial charge in [0.05, 0.1) is 13.2 Å². The third-order valence-corrected chi connectivity index (χ3v) is 3.27. The fourth-order valence-electron chi connectivity index (χ4n) is 2.31. The maximum absolute atomic E-state index is 5.73. The van der Waals surface area contributed by atoms with Gasteiger partial charge in [-0.15, -0.1) is 0 Å². The average Bonchev–Trinajstić information content (AvgIpc) is 2.70. The molecule has 0 bridgehead atoms. The summed E-state index contributed by atoms with van der Waals surface area (Å²) >= 11 is 0.